The molecule has 0 spiro atoms. The maximum atomic E-state index is 5.50. The standard InChI is InChI=1S/C13H23N5S/c1-3-6-10-7-4-5-8-18(10)12-9-11(17-14)15-13(16-12)19-2/h9-10H,3-8,14H2,1-2H3,(H,15,16,17). The van der Waals surface area contributed by atoms with Gasteiger partial charge >= 0.3 is 0 Å². The first-order chi connectivity index (χ1) is 9.28. The summed E-state index contributed by atoms with van der Waals surface area (Å²) in [4.78, 5) is 11.4. The lowest BCUT2D eigenvalue weighted by Crippen LogP contribution is -2.40. The summed E-state index contributed by atoms with van der Waals surface area (Å²) in [5.41, 5.74) is 2.64. The van der Waals surface area contributed by atoms with Crippen molar-refractivity contribution in [1.82, 2.24) is 9.97 Å². The SMILES string of the molecule is CCCC1CCCCN1c1cc(NN)nc(SC)n1. The van der Waals surface area contributed by atoms with Crippen molar-refractivity contribution in [2.45, 2.75) is 50.2 Å². The van der Waals surface area contributed by atoms with Crippen molar-refractivity contribution in [3.8, 4) is 0 Å². The lowest BCUT2D eigenvalue weighted by Gasteiger charge is -2.36. The largest absolute Gasteiger partial charge is 0.353 e. The van der Waals surface area contributed by atoms with Crippen molar-refractivity contribution >= 4 is 23.4 Å². The predicted octanol–water partition coefficient (Wildman–Crippen LogP) is 2.64. The second-order valence-electron chi connectivity index (χ2n) is 4.87. The zero-order valence-electron chi connectivity index (χ0n) is 11.7. The molecule has 6 heteroatoms. The molecule has 1 unspecified atom stereocenters. The summed E-state index contributed by atoms with van der Waals surface area (Å²) in [6.45, 7) is 3.33. The summed E-state index contributed by atoms with van der Waals surface area (Å²) >= 11 is 1.55. The molecule has 19 heavy (non-hydrogen) atoms. The van der Waals surface area contributed by atoms with Gasteiger partial charge in [0.05, 0.1) is 0 Å². The van der Waals surface area contributed by atoms with Crippen LogP contribution >= 0.6 is 11.8 Å². The van der Waals surface area contributed by atoms with E-state index >= 15 is 0 Å². The molecule has 1 saturated heterocycles. The number of piperidine rings is 1. The Kier molecular flexibility index (Phi) is 5.27. The van der Waals surface area contributed by atoms with E-state index in [-0.39, 0.29) is 0 Å². The van der Waals surface area contributed by atoms with Gasteiger partial charge in [-0.05, 0) is 31.9 Å². The number of hydrazine groups is 1. The highest BCUT2D eigenvalue weighted by Crippen LogP contribution is 2.28. The molecule has 5 nitrogen and oxygen atoms in total. The molecule has 0 aromatic carbocycles. The first-order valence-electron chi connectivity index (χ1n) is 6.94. The van der Waals surface area contributed by atoms with Crippen molar-refractivity contribution in [1.29, 1.82) is 0 Å². The molecular weight excluding hydrogens is 258 g/mol. The molecule has 1 aliphatic rings. The maximum absolute atomic E-state index is 5.50. The average Bonchev–Trinajstić information content (AvgIpc) is 2.47. The highest BCUT2D eigenvalue weighted by molar-refractivity contribution is 7.98. The average molecular weight is 281 g/mol. The van der Waals surface area contributed by atoms with Crippen LogP contribution in [-0.4, -0.2) is 28.8 Å². The van der Waals surface area contributed by atoms with E-state index in [4.69, 9.17) is 5.84 Å². The van der Waals surface area contributed by atoms with E-state index in [0.29, 0.717) is 11.9 Å². The summed E-state index contributed by atoms with van der Waals surface area (Å²) in [7, 11) is 0. The van der Waals surface area contributed by atoms with Crippen LogP contribution in [-0.2, 0) is 0 Å². The van der Waals surface area contributed by atoms with Gasteiger partial charge in [-0.25, -0.2) is 15.8 Å². The normalized spacial score (nSPS) is 19.5. The van der Waals surface area contributed by atoms with Crippen molar-refractivity contribution < 1.29 is 0 Å². The Balaban J connectivity index is 2.26. The van der Waals surface area contributed by atoms with Crippen LogP contribution in [0, 0.1) is 0 Å². The lowest BCUT2D eigenvalue weighted by molar-refractivity contribution is 0.431. The Bertz CT molecular complexity index is 388. The second kappa shape index (κ2) is 6.96. The zero-order chi connectivity index (χ0) is 13.7. The molecule has 0 amide bonds. The number of aromatic nitrogens is 2. The Morgan fingerprint density at radius 1 is 1.47 bits per heavy atom. The molecule has 1 aromatic heterocycles. The number of nitrogens with zero attached hydrogens (tertiary/aromatic N) is 3. The van der Waals surface area contributed by atoms with Gasteiger partial charge in [0.25, 0.3) is 0 Å². The van der Waals surface area contributed by atoms with Crippen LogP contribution in [0.2, 0.25) is 0 Å². The van der Waals surface area contributed by atoms with Gasteiger partial charge in [-0.3, -0.25) is 0 Å². The lowest BCUT2D eigenvalue weighted by atomic mass is 9.98. The fourth-order valence-corrected chi connectivity index (χ4v) is 3.04. The summed E-state index contributed by atoms with van der Waals surface area (Å²) in [5, 5.41) is 0.770. The molecule has 0 bridgehead atoms. The highest BCUT2D eigenvalue weighted by Gasteiger charge is 2.23. The minimum atomic E-state index is 0.606. The summed E-state index contributed by atoms with van der Waals surface area (Å²) in [5.74, 6) is 7.19. The van der Waals surface area contributed by atoms with Crippen molar-refractivity contribution in [3.63, 3.8) is 0 Å². The third kappa shape index (κ3) is 3.51. The van der Waals surface area contributed by atoms with E-state index < -0.39 is 0 Å². The third-order valence-electron chi connectivity index (χ3n) is 3.57. The van der Waals surface area contributed by atoms with Gasteiger partial charge in [-0.15, -0.1) is 0 Å². The van der Waals surface area contributed by atoms with Crippen molar-refractivity contribution in [2.24, 2.45) is 5.84 Å². The molecule has 0 aliphatic carbocycles. The maximum Gasteiger partial charge on any atom is 0.191 e. The minimum absolute atomic E-state index is 0.606. The van der Waals surface area contributed by atoms with Crippen LogP contribution in [0.1, 0.15) is 39.0 Å². The van der Waals surface area contributed by atoms with Crippen LogP contribution in [0.25, 0.3) is 0 Å². The summed E-state index contributed by atoms with van der Waals surface area (Å²) in [6.07, 6.45) is 8.25. The van der Waals surface area contributed by atoms with E-state index in [2.05, 4.69) is 27.2 Å². The molecule has 1 fully saturated rings. The van der Waals surface area contributed by atoms with Crippen molar-refractivity contribution in [2.75, 3.05) is 23.1 Å². The van der Waals surface area contributed by atoms with Gasteiger partial charge in [0.1, 0.15) is 11.6 Å². The van der Waals surface area contributed by atoms with Crippen molar-refractivity contribution in [3.05, 3.63) is 6.07 Å². The first-order valence-corrected chi connectivity index (χ1v) is 8.17. The number of rotatable bonds is 5. The molecular formula is C13H23N5S. The van der Waals surface area contributed by atoms with E-state index in [9.17, 15) is 0 Å². The van der Waals surface area contributed by atoms with Crippen LogP contribution in [0.15, 0.2) is 11.2 Å². The zero-order valence-corrected chi connectivity index (χ0v) is 12.5. The fourth-order valence-electron chi connectivity index (χ4n) is 2.66. The van der Waals surface area contributed by atoms with Crippen LogP contribution in [0.3, 0.4) is 0 Å². The van der Waals surface area contributed by atoms with Gasteiger partial charge in [-0.1, -0.05) is 25.1 Å². The topological polar surface area (TPSA) is 67.1 Å². The number of anilines is 2. The Hall–Kier alpha value is -1.01. The molecule has 1 aliphatic heterocycles. The number of thioether (sulfide) groups is 1. The van der Waals surface area contributed by atoms with Gasteiger partial charge in [0.15, 0.2) is 5.16 Å². The number of nitrogens with one attached hydrogen (secondary N) is 1. The van der Waals surface area contributed by atoms with Crippen LogP contribution < -0.4 is 16.2 Å². The third-order valence-corrected chi connectivity index (χ3v) is 4.11. The van der Waals surface area contributed by atoms with Gasteiger partial charge < -0.3 is 10.3 Å². The quantitative estimate of drug-likeness (QED) is 0.374. The second-order valence-corrected chi connectivity index (χ2v) is 5.65. The minimum Gasteiger partial charge on any atom is -0.353 e. The Morgan fingerprint density at radius 2 is 2.32 bits per heavy atom. The fraction of sp³-hybridized carbons (Fsp3) is 0.692. The van der Waals surface area contributed by atoms with E-state index in [1.54, 1.807) is 11.8 Å². The summed E-state index contributed by atoms with van der Waals surface area (Å²) < 4.78 is 0. The molecule has 2 rings (SSSR count). The molecule has 1 aromatic rings. The number of nitrogens with two attached hydrogens (primary N) is 1. The van der Waals surface area contributed by atoms with Crippen LogP contribution in [0.4, 0.5) is 11.6 Å². The number of hydrogen-bond acceptors (Lipinski definition) is 6. The Morgan fingerprint density at radius 3 is 3.00 bits per heavy atom. The monoisotopic (exact) mass is 281 g/mol. The molecule has 0 radical (unpaired) electrons. The molecule has 3 N–H and O–H groups in total. The first kappa shape index (κ1) is 14.4. The predicted molar refractivity (Wildman–Crippen MR) is 81.5 cm³/mol. The van der Waals surface area contributed by atoms with E-state index in [0.717, 1.165) is 17.5 Å². The number of hydrogen-bond donors (Lipinski definition) is 2. The summed E-state index contributed by atoms with van der Waals surface area (Å²) in [6, 6.07) is 2.56. The Labute approximate surface area is 119 Å². The smallest absolute Gasteiger partial charge is 0.191 e. The van der Waals surface area contributed by atoms with Crippen LogP contribution in [0.5, 0.6) is 0 Å². The molecule has 1 atom stereocenters. The number of nitrogen functional groups attached to an aromatic ring is 1. The van der Waals surface area contributed by atoms with Gasteiger partial charge in [0.2, 0.25) is 0 Å². The van der Waals surface area contributed by atoms with Gasteiger partial charge in [0, 0.05) is 18.7 Å². The molecule has 106 valence electrons. The molecule has 0 saturated carbocycles. The van der Waals surface area contributed by atoms with E-state index in [1.807, 2.05) is 12.3 Å². The highest BCUT2D eigenvalue weighted by atomic mass is 32.2. The van der Waals surface area contributed by atoms with Gasteiger partial charge in [-0.2, -0.15) is 0 Å². The molecule has 2 heterocycles. The van der Waals surface area contributed by atoms with E-state index in [1.165, 1.54) is 32.1 Å².